The highest BCUT2D eigenvalue weighted by Gasteiger charge is 2.38. The highest BCUT2D eigenvalue weighted by molar-refractivity contribution is 5.82. The zero-order chi connectivity index (χ0) is 19.1. The lowest BCUT2D eigenvalue weighted by molar-refractivity contribution is -0.151. The molecule has 1 atom stereocenters. The fourth-order valence-electron chi connectivity index (χ4n) is 2.60. The predicted molar refractivity (Wildman–Crippen MR) is 98.1 cm³/mol. The smallest absolute Gasteiger partial charge is 0.408 e. The number of ether oxygens (including phenoxy) is 2. The van der Waals surface area contributed by atoms with Gasteiger partial charge in [0, 0.05) is 0 Å². The second-order valence-electron chi connectivity index (χ2n) is 7.91. The summed E-state index contributed by atoms with van der Waals surface area (Å²) in [5.41, 5.74) is -0.170. The van der Waals surface area contributed by atoms with Crippen molar-refractivity contribution < 1.29 is 19.1 Å². The summed E-state index contributed by atoms with van der Waals surface area (Å²) < 4.78 is 10.7. The number of hydrogen-bond acceptors (Lipinski definition) is 4. The Morgan fingerprint density at radius 3 is 2.20 bits per heavy atom. The summed E-state index contributed by atoms with van der Waals surface area (Å²) in [6.07, 6.45) is 1.05. The molecule has 0 bridgehead atoms. The molecule has 140 valence electrons. The Balaban J connectivity index is 2.82. The Hall–Kier alpha value is -2.04. The molecule has 0 fully saturated rings. The van der Waals surface area contributed by atoms with Crippen LogP contribution in [-0.2, 0) is 20.9 Å². The number of carbonyl (C=O) groups is 2. The SMILES string of the molecule is CCCC(C)(C)C(NC(=O)OC(C)(C)C)C(=O)OCc1ccccc1. The second-order valence-corrected chi connectivity index (χ2v) is 7.91. The van der Waals surface area contributed by atoms with Gasteiger partial charge in [-0.25, -0.2) is 9.59 Å². The molecule has 0 saturated carbocycles. The minimum atomic E-state index is -0.772. The Labute approximate surface area is 151 Å². The largest absolute Gasteiger partial charge is 0.459 e. The molecule has 0 heterocycles. The topological polar surface area (TPSA) is 64.6 Å². The van der Waals surface area contributed by atoms with E-state index in [1.807, 2.05) is 51.1 Å². The fourth-order valence-corrected chi connectivity index (χ4v) is 2.60. The molecule has 1 aromatic carbocycles. The molecule has 0 aromatic heterocycles. The van der Waals surface area contributed by atoms with Gasteiger partial charge in [0.1, 0.15) is 18.2 Å². The van der Waals surface area contributed by atoms with Crippen molar-refractivity contribution in [1.82, 2.24) is 5.32 Å². The first-order valence-corrected chi connectivity index (χ1v) is 8.75. The van der Waals surface area contributed by atoms with Crippen LogP contribution in [0.25, 0.3) is 0 Å². The average molecular weight is 349 g/mol. The molecule has 0 aliphatic carbocycles. The first-order valence-electron chi connectivity index (χ1n) is 8.75. The Morgan fingerprint density at radius 2 is 1.68 bits per heavy atom. The maximum absolute atomic E-state index is 12.6. The van der Waals surface area contributed by atoms with Crippen molar-refractivity contribution in [2.45, 2.75) is 72.6 Å². The van der Waals surface area contributed by atoms with Crippen molar-refractivity contribution in [3.8, 4) is 0 Å². The van der Waals surface area contributed by atoms with E-state index in [2.05, 4.69) is 5.32 Å². The number of benzene rings is 1. The Kier molecular flexibility index (Phi) is 7.46. The Morgan fingerprint density at radius 1 is 1.08 bits per heavy atom. The molecule has 0 spiro atoms. The molecule has 5 heteroatoms. The summed E-state index contributed by atoms with van der Waals surface area (Å²) in [6.45, 7) is 11.5. The van der Waals surface area contributed by atoms with Crippen molar-refractivity contribution in [1.29, 1.82) is 0 Å². The average Bonchev–Trinajstić information content (AvgIpc) is 2.49. The van der Waals surface area contributed by atoms with Crippen LogP contribution in [0, 0.1) is 5.41 Å². The Bertz CT molecular complexity index is 561. The molecule has 0 aliphatic heterocycles. The van der Waals surface area contributed by atoms with Gasteiger partial charge in [0.2, 0.25) is 0 Å². The second kappa shape index (κ2) is 8.88. The van der Waals surface area contributed by atoms with E-state index in [9.17, 15) is 9.59 Å². The van der Waals surface area contributed by atoms with Gasteiger partial charge in [-0.3, -0.25) is 0 Å². The van der Waals surface area contributed by atoms with Crippen LogP contribution in [0.4, 0.5) is 4.79 Å². The van der Waals surface area contributed by atoms with E-state index < -0.39 is 29.1 Å². The minimum Gasteiger partial charge on any atom is -0.459 e. The highest BCUT2D eigenvalue weighted by atomic mass is 16.6. The van der Waals surface area contributed by atoms with Gasteiger partial charge in [-0.2, -0.15) is 0 Å². The van der Waals surface area contributed by atoms with Crippen molar-refractivity contribution in [3.63, 3.8) is 0 Å². The highest BCUT2D eigenvalue weighted by Crippen LogP contribution is 2.28. The van der Waals surface area contributed by atoms with Crippen molar-refractivity contribution >= 4 is 12.1 Å². The first kappa shape index (κ1) is 21.0. The van der Waals surface area contributed by atoms with E-state index in [1.54, 1.807) is 20.8 Å². The van der Waals surface area contributed by atoms with Crippen molar-refractivity contribution in [2.24, 2.45) is 5.41 Å². The number of rotatable bonds is 7. The zero-order valence-electron chi connectivity index (χ0n) is 16.2. The molecule has 1 amide bonds. The van der Waals surface area contributed by atoms with Crippen LogP contribution in [0.3, 0.4) is 0 Å². The lowest BCUT2D eigenvalue weighted by Crippen LogP contribution is -2.52. The van der Waals surface area contributed by atoms with Gasteiger partial charge in [-0.1, -0.05) is 57.5 Å². The summed E-state index contributed by atoms with van der Waals surface area (Å²) in [7, 11) is 0. The van der Waals surface area contributed by atoms with E-state index in [-0.39, 0.29) is 6.61 Å². The molecular formula is C20H31NO4. The zero-order valence-corrected chi connectivity index (χ0v) is 16.2. The van der Waals surface area contributed by atoms with E-state index in [0.717, 1.165) is 18.4 Å². The van der Waals surface area contributed by atoms with Gasteiger partial charge < -0.3 is 14.8 Å². The maximum atomic E-state index is 12.6. The fraction of sp³-hybridized carbons (Fsp3) is 0.600. The number of hydrogen-bond donors (Lipinski definition) is 1. The molecule has 0 saturated heterocycles. The van der Waals surface area contributed by atoms with Crippen LogP contribution in [0.5, 0.6) is 0 Å². The summed E-state index contributed by atoms with van der Waals surface area (Å²) in [6, 6.07) is 8.69. The molecule has 0 aliphatic rings. The van der Waals surface area contributed by atoms with Crippen LogP contribution in [0.2, 0.25) is 0 Å². The molecule has 1 unspecified atom stereocenters. The van der Waals surface area contributed by atoms with Crippen LogP contribution in [0.15, 0.2) is 30.3 Å². The molecule has 5 nitrogen and oxygen atoms in total. The number of amides is 1. The number of esters is 1. The van der Waals surface area contributed by atoms with E-state index in [0.29, 0.717) is 0 Å². The summed E-state index contributed by atoms with van der Waals surface area (Å²) in [4.78, 5) is 24.8. The molecule has 1 rings (SSSR count). The molecule has 25 heavy (non-hydrogen) atoms. The summed E-state index contributed by atoms with van der Waals surface area (Å²) >= 11 is 0. The van der Waals surface area contributed by atoms with Gasteiger partial charge in [-0.15, -0.1) is 0 Å². The number of nitrogens with one attached hydrogen (secondary N) is 1. The quantitative estimate of drug-likeness (QED) is 0.739. The van der Waals surface area contributed by atoms with Crippen LogP contribution < -0.4 is 5.32 Å². The minimum absolute atomic E-state index is 0.175. The normalized spacial score (nSPS) is 13.0. The van der Waals surface area contributed by atoms with Gasteiger partial charge in [0.05, 0.1) is 0 Å². The van der Waals surface area contributed by atoms with Crippen LogP contribution >= 0.6 is 0 Å². The molecule has 1 N–H and O–H groups in total. The monoisotopic (exact) mass is 349 g/mol. The van der Waals surface area contributed by atoms with Gasteiger partial charge in [0.25, 0.3) is 0 Å². The maximum Gasteiger partial charge on any atom is 0.408 e. The third-order valence-corrected chi connectivity index (χ3v) is 3.80. The standard InChI is InChI=1S/C20H31NO4/c1-7-13-20(5,6)16(21-18(23)25-19(2,3)4)17(22)24-14-15-11-9-8-10-12-15/h8-12,16H,7,13-14H2,1-6H3,(H,21,23). The van der Waals surface area contributed by atoms with Crippen molar-refractivity contribution in [2.75, 3.05) is 0 Å². The van der Waals surface area contributed by atoms with Gasteiger partial charge in [-0.05, 0) is 38.2 Å². The van der Waals surface area contributed by atoms with Crippen molar-refractivity contribution in [3.05, 3.63) is 35.9 Å². The van der Waals surface area contributed by atoms with Crippen LogP contribution in [0.1, 0.15) is 59.9 Å². The van der Waals surface area contributed by atoms with Gasteiger partial charge in [0.15, 0.2) is 0 Å². The molecule has 0 radical (unpaired) electrons. The molecular weight excluding hydrogens is 318 g/mol. The number of carbonyl (C=O) groups excluding carboxylic acids is 2. The third-order valence-electron chi connectivity index (χ3n) is 3.80. The molecule has 1 aromatic rings. The lowest BCUT2D eigenvalue weighted by atomic mass is 9.80. The predicted octanol–water partition coefficient (Wildman–Crippen LogP) is 4.45. The van der Waals surface area contributed by atoms with Gasteiger partial charge >= 0.3 is 12.1 Å². The van der Waals surface area contributed by atoms with E-state index in [1.165, 1.54) is 0 Å². The number of alkyl carbamates (subject to hydrolysis) is 1. The van der Waals surface area contributed by atoms with Crippen LogP contribution in [-0.4, -0.2) is 23.7 Å². The first-order chi connectivity index (χ1) is 11.5. The summed E-state index contributed by atoms with van der Waals surface area (Å²) in [5, 5.41) is 2.70. The summed E-state index contributed by atoms with van der Waals surface area (Å²) in [5.74, 6) is -0.451. The van der Waals surface area contributed by atoms with E-state index in [4.69, 9.17) is 9.47 Å². The third kappa shape index (κ3) is 7.59. The lowest BCUT2D eigenvalue weighted by Gasteiger charge is -2.33. The van der Waals surface area contributed by atoms with E-state index >= 15 is 0 Å².